The van der Waals surface area contributed by atoms with Crippen LogP contribution < -0.4 is 10.2 Å². The van der Waals surface area contributed by atoms with E-state index in [0.29, 0.717) is 31.8 Å². The standard InChI is InChI=1S/C24H15BrCl2N2O3S2/c25-17-7-9-20(32-13-15-6-8-18(26)12-19(15)27)16(10-17)11-21-23(31)29(24(33)34-21)28-22(30)14-4-2-1-3-5-14/h1-12H,13H2,(H,28,30)/b21-11+. The minimum Gasteiger partial charge on any atom is -0.488 e. The summed E-state index contributed by atoms with van der Waals surface area (Å²) in [5.41, 5.74) is 4.42. The first kappa shape index (κ1) is 24.8. The van der Waals surface area contributed by atoms with Crippen molar-refractivity contribution in [3.63, 3.8) is 0 Å². The summed E-state index contributed by atoms with van der Waals surface area (Å²) in [4.78, 5) is 25.8. The van der Waals surface area contributed by atoms with Gasteiger partial charge in [0.1, 0.15) is 12.4 Å². The quantitative estimate of drug-likeness (QED) is 0.249. The van der Waals surface area contributed by atoms with Gasteiger partial charge < -0.3 is 4.74 Å². The Morgan fingerprint density at radius 3 is 2.62 bits per heavy atom. The van der Waals surface area contributed by atoms with Crippen LogP contribution in [0.5, 0.6) is 5.75 Å². The molecule has 5 nitrogen and oxygen atoms in total. The summed E-state index contributed by atoms with van der Waals surface area (Å²) < 4.78 is 7.03. The molecule has 0 spiro atoms. The van der Waals surface area contributed by atoms with Crippen LogP contribution in [0.4, 0.5) is 0 Å². The van der Waals surface area contributed by atoms with Crippen molar-refractivity contribution in [2.24, 2.45) is 0 Å². The Hall–Kier alpha value is -2.36. The normalized spacial score (nSPS) is 14.6. The lowest BCUT2D eigenvalue weighted by Crippen LogP contribution is -2.44. The van der Waals surface area contributed by atoms with Gasteiger partial charge >= 0.3 is 0 Å². The number of nitrogens with zero attached hydrogens (tertiary/aromatic N) is 1. The second-order valence-electron chi connectivity index (χ2n) is 7.03. The summed E-state index contributed by atoms with van der Waals surface area (Å²) in [5, 5.41) is 2.12. The number of rotatable bonds is 6. The van der Waals surface area contributed by atoms with E-state index in [2.05, 4.69) is 21.4 Å². The molecule has 1 aliphatic rings. The second-order valence-corrected chi connectivity index (χ2v) is 10.5. The predicted molar refractivity (Wildman–Crippen MR) is 144 cm³/mol. The lowest BCUT2D eigenvalue weighted by atomic mass is 10.1. The maximum Gasteiger partial charge on any atom is 0.285 e. The van der Waals surface area contributed by atoms with E-state index in [1.165, 1.54) is 0 Å². The summed E-state index contributed by atoms with van der Waals surface area (Å²) in [5.74, 6) is -0.303. The lowest BCUT2D eigenvalue weighted by Gasteiger charge is -2.15. The van der Waals surface area contributed by atoms with Gasteiger partial charge in [0.15, 0.2) is 4.32 Å². The average Bonchev–Trinajstić information content (AvgIpc) is 3.07. The first-order valence-corrected chi connectivity index (χ1v) is 12.6. The molecule has 1 heterocycles. The third kappa shape index (κ3) is 5.82. The zero-order valence-corrected chi connectivity index (χ0v) is 22.0. The number of hydrogen-bond acceptors (Lipinski definition) is 5. The van der Waals surface area contributed by atoms with Crippen molar-refractivity contribution in [1.82, 2.24) is 10.4 Å². The van der Waals surface area contributed by atoms with Gasteiger partial charge in [0.2, 0.25) is 0 Å². The number of nitrogens with one attached hydrogen (secondary N) is 1. The number of thioether (sulfide) groups is 1. The molecule has 3 aromatic carbocycles. The fourth-order valence-electron chi connectivity index (χ4n) is 3.02. The highest BCUT2D eigenvalue weighted by Gasteiger charge is 2.34. The van der Waals surface area contributed by atoms with E-state index in [9.17, 15) is 9.59 Å². The minimum atomic E-state index is -0.426. The van der Waals surface area contributed by atoms with E-state index in [4.69, 9.17) is 40.2 Å². The Labute approximate surface area is 224 Å². The molecule has 172 valence electrons. The van der Waals surface area contributed by atoms with Crippen LogP contribution in [0.3, 0.4) is 0 Å². The average molecular weight is 594 g/mol. The Bertz CT molecular complexity index is 1320. The molecule has 0 radical (unpaired) electrons. The number of carbonyl (C=O) groups is 2. The highest BCUT2D eigenvalue weighted by Crippen LogP contribution is 2.35. The van der Waals surface area contributed by atoms with Crippen LogP contribution in [0.15, 0.2) is 76.1 Å². The Morgan fingerprint density at radius 1 is 1.12 bits per heavy atom. The third-order valence-electron chi connectivity index (χ3n) is 4.70. The van der Waals surface area contributed by atoms with Crippen LogP contribution in [-0.4, -0.2) is 21.1 Å². The van der Waals surface area contributed by atoms with Gasteiger partial charge in [-0.05, 0) is 60.8 Å². The molecular formula is C24H15BrCl2N2O3S2. The molecule has 34 heavy (non-hydrogen) atoms. The van der Waals surface area contributed by atoms with Gasteiger partial charge in [0.05, 0.1) is 4.91 Å². The number of ether oxygens (including phenoxy) is 1. The van der Waals surface area contributed by atoms with Crippen LogP contribution in [0.25, 0.3) is 6.08 Å². The van der Waals surface area contributed by atoms with E-state index in [0.717, 1.165) is 26.8 Å². The van der Waals surface area contributed by atoms with E-state index in [-0.39, 0.29) is 10.9 Å². The smallest absolute Gasteiger partial charge is 0.285 e. The molecule has 0 unspecified atom stereocenters. The van der Waals surface area contributed by atoms with Crippen molar-refractivity contribution in [3.8, 4) is 5.75 Å². The number of carbonyl (C=O) groups excluding carboxylic acids is 2. The van der Waals surface area contributed by atoms with Crippen molar-refractivity contribution >= 4 is 85.3 Å². The van der Waals surface area contributed by atoms with Crippen molar-refractivity contribution in [1.29, 1.82) is 0 Å². The molecule has 1 saturated heterocycles. The summed E-state index contributed by atoms with van der Waals surface area (Å²) in [6.45, 7) is 0.215. The summed E-state index contributed by atoms with van der Waals surface area (Å²) >= 11 is 22.1. The van der Waals surface area contributed by atoms with Crippen LogP contribution in [0, 0.1) is 0 Å². The molecular weight excluding hydrogens is 579 g/mol. The van der Waals surface area contributed by atoms with Crippen LogP contribution in [-0.2, 0) is 11.4 Å². The topological polar surface area (TPSA) is 58.6 Å². The third-order valence-corrected chi connectivity index (χ3v) is 7.08. The van der Waals surface area contributed by atoms with E-state index in [1.54, 1.807) is 60.7 Å². The molecule has 1 aliphatic heterocycles. The second kappa shape index (κ2) is 10.9. The summed E-state index contributed by atoms with van der Waals surface area (Å²) in [7, 11) is 0. The molecule has 0 atom stereocenters. The fraction of sp³-hybridized carbons (Fsp3) is 0.0417. The fourth-order valence-corrected chi connectivity index (χ4v) is 5.03. The van der Waals surface area contributed by atoms with Crippen molar-refractivity contribution < 1.29 is 14.3 Å². The largest absolute Gasteiger partial charge is 0.488 e. The summed E-state index contributed by atoms with van der Waals surface area (Å²) in [6.07, 6.45) is 1.68. The van der Waals surface area contributed by atoms with Crippen molar-refractivity contribution in [3.05, 3.63) is 103 Å². The molecule has 10 heteroatoms. The number of amides is 2. The molecule has 1 fully saturated rings. The van der Waals surface area contributed by atoms with Gasteiger partial charge in [0.25, 0.3) is 11.8 Å². The van der Waals surface area contributed by atoms with E-state index >= 15 is 0 Å². The van der Waals surface area contributed by atoms with Gasteiger partial charge in [-0.15, -0.1) is 0 Å². The molecule has 0 aliphatic carbocycles. The van der Waals surface area contributed by atoms with Crippen LogP contribution in [0.2, 0.25) is 10.0 Å². The molecule has 0 aromatic heterocycles. The van der Waals surface area contributed by atoms with Crippen LogP contribution >= 0.6 is 63.1 Å². The monoisotopic (exact) mass is 592 g/mol. The van der Waals surface area contributed by atoms with E-state index in [1.807, 2.05) is 12.1 Å². The van der Waals surface area contributed by atoms with E-state index < -0.39 is 11.8 Å². The van der Waals surface area contributed by atoms with Crippen LogP contribution in [0.1, 0.15) is 21.5 Å². The SMILES string of the molecule is O=C(NN1C(=O)/C(=C\c2cc(Br)ccc2OCc2ccc(Cl)cc2Cl)SC1=S)c1ccccc1. The molecule has 4 rings (SSSR count). The molecule has 1 N–H and O–H groups in total. The minimum absolute atomic E-state index is 0.215. The van der Waals surface area contributed by atoms with Gasteiger partial charge in [-0.3, -0.25) is 15.0 Å². The first-order chi connectivity index (χ1) is 16.3. The van der Waals surface area contributed by atoms with Gasteiger partial charge in [0, 0.05) is 31.2 Å². The van der Waals surface area contributed by atoms with Gasteiger partial charge in [-0.25, -0.2) is 0 Å². The zero-order valence-electron chi connectivity index (χ0n) is 17.3. The highest BCUT2D eigenvalue weighted by atomic mass is 79.9. The summed E-state index contributed by atoms with van der Waals surface area (Å²) in [6, 6.07) is 19.2. The maximum absolute atomic E-state index is 13.0. The molecule has 2 amide bonds. The van der Waals surface area contributed by atoms with Crippen molar-refractivity contribution in [2.75, 3.05) is 0 Å². The van der Waals surface area contributed by atoms with Gasteiger partial charge in [-0.2, -0.15) is 5.01 Å². The number of halogens is 3. The molecule has 0 bridgehead atoms. The predicted octanol–water partition coefficient (Wildman–Crippen LogP) is 6.88. The van der Waals surface area contributed by atoms with Gasteiger partial charge in [-0.1, -0.05) is 75.2 Å². The number of hydrogen-bond donors (Lipinski definition) is 1. The van der Waals surface area contributed by atoms with Crippen molar-refractivity contribution in [2.45, 2.75) is 6.61 Å². The lowest BCUT2D eigenvalue weighted by molar-refractivity contribution is -0.123. The number of hydrazine groups is 1. The Balaban J connectivity index is 1.54. The highest BCUT2D eigenvalue weighted by molar-refractivity contribution is 9.10. The number of thiocarbonyl (C=S) groups is 1. The molecule has 0 saturated carbocycles. The Kier molecular flexibility index (Phi) is 7.95. The zero-order chi connectivity index (χ0) is 24.2. The first-order valence-electron chi connectivity index (χ1n) is 9.82. The Morgan fingerprint density at radius 2 is 1.88 bits per heavy atom. The maximum atomic E-state index is 13.0. The number of benzene rings is 3. The molecule has 3 aromatic rings.